The highest BCUT2D eigenvalue weighted by molar-refractivity contribution is 6.00. The molecule has 0 amide bonds. The molecular formula is C15H21N5O5. The molecule has 2 aliphatic rings. The summed E-state index contributed by atoms with van der Waals surface area (Å²) in [6.45, 7) is 2.44. The Labute approximate surface area is 143 Å². The van der Waals surface area contributed by atoms with Crippen LogP contribution in [0.4, 0.5) is 11.5 Å². The summed E-state index contributed by atoms with van der Waals surface area (Å²) < 4.78 is 12.5. The first kappa shape index (κ1) is 16.3. The SMILES string of the molecule is COc1nc2c3c(cn(C4O[C@H](CO)[C@@H](O)[C@@]4(C)O)c3n1)NCCN2. The average Bonchev–Trinajstić information content (AvgIpc) is 2.96. The third kappa shape index (κ3) is 2.33. The molecule has 1 unspecified atom stereocenters. The van der Waals surface area contributed by atoms with Crippen LogP contribution in [-0.2, 0) is 4.74 Å². The van der Waals surface area contributed by atoms with Crippen LogP contribution in [0.1, 0.15) is 13.2 Å². The van der Waals surface area contributed by atoms with E-state index in [-0.39, 0.29) is 6.01 Å². The van der Waals surface area contributed by atoms with Crippen molar-refractivity contribution in [2.75, 3.05) is 37.4 Å². The first-order valence-electron chi connectivity index (χ1n) is 8.08. The van der Waals surface area contributed by atoms with E-state index in [4.69, 9.17) is 9.47 Å². The van der Waals surface area contributed by atoms with Crippen molar-refractivity contribution in [1.29, 1.82) is 0 Å². The molecule has 1 saturated heterocycles. The average molecular weight is 351 g/mol. The maximum atomic E-state index is 10.8. The molecule has 5 N–H and O–H groups in total. The Bertz CT molecular complexity index is 807. The molecule has 25 heavy (non-hydrogen) atoms. The minimum absolute atomic E-state index is 0.180. The molecule has 4 rings (SSSR count). The van der Waals surface area contributed by atoms with Crippen LogP contribution >= 0.6 is 0 Å². The van der Waals surface area contributed by atoms with E-state index in [1.807, 2.05) is 0 Å². The third-order valence-electron chi connectivity index (χ3n) is 4.75. The van der Waals surface area contributed by atoms with Gasteiger partial charge in [-0.25, -0.2) is 0 Å². The van der Waals surface area contributed by atoms with Crippen LogP contribution in [0.5, 0.6) is 6.01 Å². The van der Waals surface area contributed by atoms with Gasteiger partial charge in [0.1, 0.15) is 23.6 Å². The van der Waals surface area contributed by atoms with Crippen molar-refractivity contribution < 1.29 is 24.8 Å². The van der Waals surface area contributed by atoms with Crippen molar-refractivity contribution >= 4 is 22.5 Å². The molecule has 10 nitrogen and oxygen atoms in total. The number of rotatable bonds is 3. The lowest BCUT2D eigenvalue weighted by molar-refractivity contribution is -0.0948. The summed E-state index contributed by atoms with van der Waals surface area (Å²) in [6, 6.07) is 0.180. The predicted molar refractivity (Wildman–Crippen MR) is 88.7 cm³/mol. The Morgan fingerprint density at radius 1 is 1.40 bits per heavy atom. The molecular weight excluding hydrogens is 330 g/mol. The Morgan fingerprint density at radius 3 is 2.84 bits per heavy atom. The van der Waals surface area contributed by atoms with E-state index in [9.17, 15) is 15.3 Å². The van der Waals surface area contributed by atoms with Gasteiger partial charge in [-0.05, 0) is 6.92 Å². The largest absolute Gasteiger partial charge is 0.467 e. The molecule has 0 bridgehead atoms. The van der Waals surface area contributed by atoms with E-state index in [1.165, 1.54) is 14.0 Å². The van der Waals surface area contributed by atoms with E-state index in [0.717, 1.165) is 11.1 Å². The summed E-state index contributed by atoms with van der Waals surface area (Å²) >= 11 is 0. The second-order valence-electron chi connectivity index (χ2n) is 6.44. The number of nitrogens with zero attached hydrogens (tertiary/aromatic N) is 3. The maximum absolute atomic E-state index is 10.8. The number of ether oxygens (including phenoxy) is 2. The number of hydrogen-bond acceptors (Lipinski definition) is 9. The van der Waals surface area contributed by atoms with Gasteiger partial charge in [0.15, 0.2) is 11.9 Å². The van der Waals surface area contributed by atoms with Gasteiger partial charge >= 0.3 is 6.01 Å². The van der Waals surface area contributed by atoms with Crippen LogP contribution in [0.3, 0.4) is 0 Å². The van der Waals surface area contributed by atoms with E-state index >= 15 is 0 Å². The van der Waals surface area contributed by atoms with Crippen molar-refractivity contribution in [2.24, 2.45) is 0 Å². The fourth-order valence-electron chi connectivity index (χ4n) is 3.43. The van der Waals surface area contributed by atoms with Gasteiger partial charge in [0.05, 0.1) is 24.8 Å². The highest BCUT2D eigenvalue weighted by Crippen LogP contribution is 2.43. The Hall–Kier alpha value is -2.14. The number of hydrogen-bond donors (Lipinski definition) is 5. The molecule has 1 fully saturated rings. The van der Waals surface area contributed by atoms with Gasteiger partial charge in [-0.2, -0.15) is 9.97 Å². The van der Waals surface area contributed by atoms with E-state index in [2.05, 4.69) is 20.6 Å². The molecule has 0 spiro atoms. The van der Waals surface area contributed by atoms with Gasteiger partial charge in [-0.1, -0.05) is 0 Å². The summed E-state index contributed by atoms with van der Waals surface area (Å²) in [5.41, 5.74) is -0.319. The standard InChI is InChI=1S/C15H21N5O5/c1-15(23)10(22)8(6-21)25-13(15)20-5-7-9-11(17-4-3-16-7)18-14(24-2)19-12(9)20/h5,8,10,13,16,21-23H,3-4,6H2,1-2H3,(H,17,18,19)/t8-,10-,13?,15-/m1/s1. The fourth-order valence-corrected chi connectivity index (χ4v) is 3.43. The van der Waals surface area contributed by atoms with Gasteiger partial charge in [-0.15, -0.1) is 0 Å². The molecule has 2 aromatic rings. The summed E-state index contributed by atoms with van der Waals surface area (Å²) in [6.07, 6.45) is -1.28. The molecule has 4 heterocycles. The monoisotopic (exact) mass is 351 g/mol. The number of aliphatic hydroxyl groups excluding tert-OH is 2. The number of nitrogens with one attached hydrogen (secondary N) is 2. The topological polar surface area (TPSA) is 134 Å². The number of anilines is 2. The molecule has 4 atom stereocenters. The van der Waals surface area contributed by atoms with Crippen molar-refractivity contribution in [3.8, 4) is 6.01 Å². The Morgan fingerprint density at radius 2 is 2.16 bits per heavy atom. The van der Waals surface area contributed by atoms with Crippen molar-refractivity contribution in [2.45, 2.75) is 31.0 Å². The van der Waals surface area contributed by atoms with Gasteiger partial charge in [-0.3, -0.25) is 0 Å². The van der Waals surface area contributed by atoms with Gasteiger partial charge in [0.2, 0.25) is 0 Å². The minimum Gasteiger partial charge on any atom is -0.467 e. The Balaban J connectivity index is 1.91. The summed E-state index contributed by atoms with van der Waals surface area (Å²) in [5.74, 6) is 0.623. The second-order valence-corrected chi connectivity index (χ2v) is 6.44. The first-order valence-corrected chi connectivity index (χ1v) is 8.08. The maximum Gasteiger partial charge on any atom is 0.320 e. The van der Waals surface area contributed by atoms with E-state index in [0.29, 0.717) is 24.6 Å². The van der Waals surface area contributed by atoms with Crippen molar-refractivity contribution in [1.82, 2.24) is 14.5 Å². The van der Waals surface area contributed by atoms with Crippen LogP contribution in [0.15, 0.2) is 6.20 Å². The molecule has 2 aliphatic heterocycles. The lowest BCUT2D eigenvalue weighted by Gasteiger charge is -2.27. The molecule has 0 aromatic carbocycles. The van der Waals surface area contributed by atoms with Crippen LogP contribution in [0.2, 0.25) is 0 Å². The van der Waals surface area contributed by atoms with Gasteiger partial charge in [0, 0.05) is 19.3 Å². The van der Waals surface area contributed by atoms with Crippen LogP contribution in [-0.4, -0.2) is 74.5 Å². The van der Waals surface area contributed by atoms with Gasteiger partial charge in [0.25, 0.3) is 0 Å². The first-order chi connectivity index (χ1) is 12.0. The zero-order valence-corrected chi connectivity index (χ0v) is 13.9. The van der Waals surface area contributed by atoms with Crippen LogP contribution < -0.4 is 15.4 Å². The van der Waals surface area contributed by atoms with Crippen molar-refractivity contribution in [3.63, 3.8) is 0 Å². The zero-order valence-electron chi connectivity index (χ0n) is 13.9. The zero-order chi connectivity index (χ0) is 17.8. The fraction of sp³-hybridized carbons (Fsp3) is 0.600. The molecule has 10 heteroatoms. The molecule has 0 aliphatic carbocycles. The second kappa shape index (κ2) is 5.70. The molecule has 0 radical (unpaired) electrons. The van der Waals surface area contributed by atoms with Gasteiger partial charge < -0.3 is 40.0 Å². The quantitative estimate of drug-likeness (QED) is 0.485. The van der Waals surface area contributed by atoms with E-state index in [1.54, 1.807) is 10.8 Å². The number of aromatic nitrogens is 3. The van der Waals surface area contributed by atoms with Crippen LogP contribution in [0.25, 0.3) is 11.0 Å². The predicted octanol–water partition coefficient (Wildman–Crippen LogP) is -0.721. The van der Waals surface area contributed by atoms with E-state index < -0.39 is 30.6 Å². The smallest absolute Gasteiger partial charge is 0.320 e. The summed E-state index contributed by atoms with van der Waals surface area (Å²) in [5, 5.41) is 37.7. The summed E-state index contributed by atoms with van der Waals surface area (Å²) in [7, 11) is 1.48. The molecule has 136 valence electrons. The third-order valence-corrected chi connectivity index (χ3v) is 4.75. The number of aliphatic hydroxyl groups is 3. The molecule has 2 aromatic heterocycles. The highest BCUT2D eigenvalue weighted by atomic mass is 16.6. The Kier molecular flexibility index (Phi) is 3.72. The normalized spacial score (nSPS) is 31.5. The molecule has 0 saturated carbocycles. The minimum atomic E-state index is -1.60. The lowest BCUT2D eigenvalue weighted by atomic mass is 9.96. The lowest BCUT2D eigenvalue weighted by Crippen LogP contribution is -2.44. The number of methoxy groups -OCH3 is 1. The highest BCUT2D eigenvalue weighted by Gasteiger charge is 2.53. The van der Waals surface area contributed by atoms with Crippen LogP contribution in [0, 0.1) is 0 Å². The van der Waals surface area contributed by atoms with Crippen molar-refractivity contribution in [3.05, 3.63) is 6.20 Å². The summed E-state index contributed by atoms with van der Waals surface area (Å²) in [4.78, 5) is 8.74.